The zero-order valence-electron chi connectivity index (χ0n) is 7.52. The van der Waals surface area contributed by atoms with Crippen molar-refractivity contribution < 1.29 is 14.7 Å². The molecule has 2 N–H and O–H groups in total. The molecule has 0 fully saturated rings. The van der Waals surface area contributed by atoms with Gasteiger partial charge in [-0.3, -0.25) is 4.79 Å². The van der Waals surface area contributed by atoms with Crippen molar-refractivity contribution in [1.82, 2.24) is 5.32 Å². The van der Waals surface area contributed by atoms with Gasteiger partial charge in [0.05, 0.1) is 11.1 Å². The summed E-state index contributed by atoms with van der Waals surface area (Å²) in [6.45, 7) is 0. The van der Waals surface area contributed by atoms with Crippen LogP contribution in [0.4, 0.5) is 0 Å². The van der Waals surface area contributed by atoms with Gasteiger partial charge in [0, 0.05) is 12.3 Å². The Morgan fingerprint density at radius 1 is 1.67 bits per heavy atom. The molecule has 0 saturated heterocycles. The van der Waals surface area contributed by atoms with Gasteiger partial charge in [0.1, 0.15) is 6.17 Å². The van der Waals surface area contributed by atoms with Gasteiger partial charge < -0.3 is 10.4 Å². The highest BCUT2D eigenvalue weighted by Gasteiger charge is 2.35. The molecule has 0 radical (unpaired) electrons. The molecule has 2 heterocycles. The molecule has 5 nitrogen and oxygen atoms in total. The van der Waals surface area contributed by atoms with Gasteiger partial charge in [-0.15, -0.1) is 6.42 Å². The Kier molecular flexibility index (Phi) is 1.90. The summed E-state index contributed by atoms with van der Waals surface area (Å²) in [4.78, 5) is 26.1. The average Bonchev–Trinajstić information content (AvgIpc) is 2.57. The van der Waals surface area contributed by atoms with Crippen LogP contribution in [0.3, 0.4) is 0 Å². The van der Waals surface area contributed by atoms with Gasteiger partial charge in [0.25, 0.3) is 0 Å². The molecule has 15 heavy (non-hydrogen) atoms. The van der Waals surface area contributed by atoms with Gasteiger partial charge in [-0.2, -0.15) is 0 Å². The van der Waals surface area contributed by atoms with Crippen LogP contribution in [0.2, 0.25) is 0 Å². The first-order valence-electron chi connectivity index (χ1n) is 4.14. The van der Waals surface area contributed by atoms with Gasteiger partial charge >= 0.3 is 5.97 Å². The molecule has 1 atom stereocenters. The van der Waals surface area contributed by atoms with Gasteiger partial charge in [0.15, 0.2) is 11.5 Å². The third-order valence-corrected chi connectivity index (χ3v) is 2.14. The molecule has 0 aromatic rings. The van der Waals surface area contributed by atoms with E-state index in [1.165, 1.54) is 12.3 Å². The third-order valence-electron chi connectivity index (χ3n) is 2.14. The second-order valence-electron chi connectivity index (χ2n) is 2.98. The number of carbonyl (C=O) groups is 2. The summed E-state index contributed by atoms with van der Waals surface area (Å²) < 4.78 is 0. The van der Waals surface area contributed by atoms with E-state index in [-0.39, 0.29) is 22.6 Å². The summed E-state index contributed by atoms with van der Waals surface area (Å²) in [7, 11) is 0. The molecule has 0 aromatic heterocycles. The predicted molar refractivity (Wildman–Crippen MR) is 52.0 cm³/mol. The fraction of sp³-hybridized carbons (Fsp3) is 0.100. The van der Waals surface area contributed by atoms with E-state index >= 15 is 0 Å². The van der Waals surface area contributed by atoms with Crippen LogP contribution in [0.1, 0.15) is 0 Å². The molecule has 0 spiro atoms. The molecule has 5 heteroatoms. The largest absolute Gasteiger partial charge is 0.476 e. The highest BCUT2D eigenvalue weighted by Crippen LogP contribution is 2.23. The van der Waals surface area contributed by atoms with Crippen molar-refractivity contribution >= 4 is 17.5 Å². The molecule has 0 bridgehead atoms. The number of nitrogens with zero attached hydrogens (tertiary/aromatic N) is 1. The maximum absolute atomic E-state index is 11.5. The Hall–Kier alpha value is -2.35. The number of aliphatic carboxylic acids is 1. The Morgan fingerprint density at radius 2 is 2.40 bits per heavy atom. The summed E-state index contributed by atoms with van der Waals surface area (Å²) in [5.41, 5.74) is 0.0637. The summed E-state index contributed by atoms with van der Waals surface area (Å²) in [6, 6.07) is 0. The van der Waals surface area contributed by atoms with Crippen molar-refractivity contribution in [3.8, 4) is 12.3 Å². The lowest BCUT2D eigenvalue weighted by molar-refractivity contribution is -0.129. The number of nitrogens with one attached hydrogen (secondary N) is 1. The zero-order valence-corrected chi connectivity index (χ0v) is 7.52. The van der Waals surface area contributed by atoms with Crippen molar-refractivity contribution in [3.63, 3.8) is 0 Å². The van der Waals surface area contributed by atoms with Crippen LogP contribution in [0.5, 0.6) is 0 Å². The number of fused-ring (bicyclic) bond motifs is 1. The summed E-state index contributed by atoms with van der Waals surface area (Å²) in [5, 5.41) is 11.6. The Labute approximate surface area is 85.2 Å². The second kappa shape index (κ2) is 3.10. The second-order valence-corrected chi connectivity index (χ2v) is 2.98. The molecular formula is C10H6N2O3. The van der Waals surface area contributed by atoms with Gasteiger partial charge in [-0.1, -0.05) is 5.92 Å². The molecule has 0 aromatic carbocycles. The van der Waals surface area contributed by atoms with Gasteiger partial charge in [-0.05, 0) is 0 Å². The van der Waals surface area contributed by atoms with E-state index in [4.69, 9.17) is 11.5 Å². The van der Waals surface area contributed by atoms with Crippen LogP contribution in [-0.4, -0.2) is 28.7 Å². The summed E-state index contributed by atoms with van der Waals surface area (Å²) >= 11 is 0. The first kappa shape index (κ1) is 9.21. The number of carboxylic acids is 1. The quantitative estimate of drug-likeness (QED) is 0.560. The third kappa shape index (κ3) is 1.23. The SMILES string of the molecule is C#CC1=C2C(=O)C=CNC2N=C1C(=O)O. The topological polar surface area (TPSA) is 78.8 Å². The van der Waals surface area contributed by atoms with Gasteiger partial charge in [-0.25, -0.2) is 9.79 Å². The van der Waals surface area contributed by atoms with E-state index in [1.54, 1.807) is 0 Å². The van der Waals surface area contributed by atoms with E-state index in [0.717, 1.165) is 0 Å². The molecule has 2 aliphatic rings. The Balaban J connectivity index is 2.58. The van der Waals surface area contributed by atoms with E-state index in [9.17, 15) is 9.59 Å². The van der Waals surface area contributed by atoms with Crippen molar-refractivity contribution in [2.75, 3.05) is 0 Å². The summed E-state index contributed by atoms with van der Waals surface area (Å²) in [5.74, 6) is 0.676. The number of carbonyl (C=O) groups excluding carboxylic acids is 1. The van der Waals surface area contributed by atoms with Crippen molar-refractivity contribution in [2.24, 2.45) is 4.99 Å². The zero-order chi connectivity index (χ0) is 11.0. The smallest absolute Gasteiger partial charge is 0.355 e. The van der Waals surface area contributed by atoms with Gasteiger partial charge in [0.2, 0.25) is 0 Å². The molecule has 74 valence electrons. The van der Waals surface area contributed by atoms with E-state index in [0.29, 0.717) is 0 Å². The fourth-order valence-electron chi connectivity index (χ4n) is 1.51. The lowest BCUT2D eigenvalue weighted by Crippen LogP contribution is -2.30. The first-order valence-corrected chi connectivity index (χ1v) is 4.14. The highest BCUT2D eigenvalue weighted by atomic mass is 16.4. The molecule has 0 saturated carbocycles. The van der Waals surface area contributed by atoms with E-state index in [2.05, 4.69) is 16.2 Å². The molecule has 2 rings (SSSR count). The predicted octanol–water partition coefficient (Wildman–Crippen LogP) is -0.533. The number of terminal acetylenes is 1. The average molecular weight is 202 g/mol. The molecule has 0 aliphatic carbocycles. The van der Waals surface area contributed by atoms with E-state index < -0.39 is 12.1 Å². The molecular weight excluding hydrogens is 196 g/mol. The van der Waals surface area contributed by atoms with Crippen LogP contribution in [0.15, 0.2) is 28.4 Å². The minimum Gasteiger partial charge on any atom is -0.476 e. The first-order chi connectivity index (χ1) is 7.15. The lowest BCUT2D eigenvalue weighted by atomic mass is 10.00. The standard InChI is InChI=1S/C10H6N2O3/c1-2-5-7-6(13)3-4-11-9(7)12-8(5)10(14)15/h1,3-4,9,11H,(H,14,15). The minimum absolute atomic E-state index is 0.0642. The van der Waals surface area contributed by atoms with Crippen LogP contribution in [0, 0.1) is 12.3 Å². The maximum atomic E-state index is 11.5. The van der Waals surface area contributed by atoms with E-state index in [1.807, 2.05) is 0 Å². The van der Waals surface area contributed by atoms with Crippen LogP contribution in [0.25, 0.3) is 0 Å². The monoisotopic (exact) mass is 202 g/mol. The van der Waals surface area contributed by atoms with Crippen molar-refractivity contribution in [1.29, 1.82) is 0 Å². The van der Waals surface area contributed by atoms with Crippen LogP contribution < -0.4 is 5.32 Å². The molecule has 2 aliphatic heterocycles. The van der Waals surface area contributed by atoms with Crippen LogP contribution >= 0.6 is 0 Å². The summed E-state index contributed by atoms with van der Waals surface area (Å²) in [6.07, 6.45) is 7.25. The molecule has 1 unspecified atom stereocenters. The maximum Gasteiger partial charge on any atom is 0.355 e. The Morgan fingerprint density at radius 3 is 3.00 bits per heavy atom. The lowest BCUT2D eigenvalue weighted by Gasteiger charge is -2.14. The fourth-order valence-corrected chi connectivity index (χ4v) is 1.51. The normalized spacial score (nSPS) is 23.0. The minimum atomic E-state index is -1.22. The molecule has 0 amide bonds. The van der Waals surface area contributed by atoms with Crippen molar-refractivity contribution in [2.45, 2.75) is 6.17 Å². The van der Waals surface area contributed by atoms with Crippen molar-refractivity contribution in [3.05, 3.63) is 23.4 Å². The number of ketones is 1. The number of hydrogen-bond donors (Lipinski definition) is 2. The highest BCUT2D eigenvalue weighted by molar-refractivity contribution is 6.46. The van der Waals surface area contributed by atoms with Crippen LogP contribution in [-0.2, 0) is 9.59 Å². The number of aliphatic imine (C=N–C) groups is 1. The number of allylic oxidation sites excluding steroid dienone is 1. The Bertz CT molecular complexity index is 491. The number of rotatable bonds is 1. The number of hydrogen-bond acceptors (Lipinski definition) is 4. The number of carboxylic acid groups (broad SMARTS) is 1.